The highest BCUT2D eigenvalue weighted by molar-refractivity contribution is 4.93. The summed E-state index contributed by atoms with van der Waals surface area (Å²) in [5.41, 5.74) is 0. The number of rotatable bonds is 2. The fraction of sp³-hybridized carbons (Fsp3) is 1.00. The first-order valence-electron chi connectivity index (χ1n) is 5.61. The van der Waals surface area contributed by atoms with Gasteiger partial charge in [-0.15, -0.1) is 0 Å². The Balaban J connectivity index is 2.16. The Bertz CT molecular complexity index is 159. The summed E-state index contributed by atoms with van der Waals surface area (Å²) >= 11 is 0. The Hall–Kier alpha value is -0.0800. The molecule has 2 saturated heterocycles. The smallest absolute Gasteiger partial charge is 0.173 e. The van der Waals surface area contributed by atoms with Crippen molar-refractivity contribution in [2.75, 3.05) is 13.2 Å². The third kappa shape index (κ3) is 1.31. The molecular formula is C11H20O2. The molecule has 2 atom stereocenters. The van der Waals surface area contributed by atoms with Crippen LogP contribution in [-0.4, -0.2) is 19.0 Å². The van der Waals surface area contributed by atoms with Gasteiger partial charge in [-0.05, 0) is 25.7 Å². The van der Waals surface area contributed by atoms with Crippen molar-refractivity contribution in [1.29, 1.82) is 0 Å². The molecular weight excluding hydrogens is 164 g/mol. The van der Waals surface area contributed by atoms with Crippen LogP contribution in [0, 0.1) is 11.8 Å². The quantitative estimate of drug-likeness (QED) is 0.656. The lowest BCUT2D eigenvalue weighted by atomic mass is 9.84. The number of hydrogen-bond acceptors (Lipinski definition) is 2. The monoisotopic (exact) mass is 184 g/mol. The lowest BCUT2D eigenvalue weighted by molar-refractivity contribution is -0.225. The van der Waals surface area contributed by atoms with Gasteiger partial charge < -0.3 is 9.47 Å². The van der Waals surface area contributed by atoms with E-state index in [1.807, 2.05) is 0 Å². The highest BCUT2D eigenvalue weighted by atomic mass is 16.7. The second kappa shape index (κ2) is 3.58. The van der Waals surface area contributed by atoms with E-state index in [1.165, 1.54) is 25.7 Å². The van der Waals surface area contributed by atoms with Gasteiger partial charge in [0.2, 0.25) is 0 Å². The van der Waals surface area contributed by atoms with E-state index in [0.717, 1.165) is 13.2 Å². The molecule has 0 amide bonds. The summed E-state index contributed by atoms with van der Waals surface area (Å²) in [5, 5.41) is 0. The van der Waals surface area contributed by atoms with Crippen LogP contribution in [-0.2, 0) is 9.47 Å². The molecule has 0 aromatic heterocycles. The summed E-state index contributed by atoms with van der Waals surface area (Å²) < 4.78 is 11.8. The maximum Gasteiger partial charge on any atom is 0.173 e. The summed E-state index contributed by atoms with van der Waals surface area (Å²) in [4.78, 5) is 0. The van der Waals surface area contributed by atoms with Gasteiger partial charge in [0.15, 0.2) is 5.79 Å². The maximum atomic E-state index is 5.89. The standard InChI is InChI=1S/C11H20O2/c1-3-9-5-7-12-11(9)10(4-2)6-8-13-11/h9-10H,3-8H2,1-2H3/t9-,10-,11?/m0/s1. The van der Waals surface area contributed by atoms with Crippen LogP contribution < -0.4 is 0 Å². The fourth-order valence-electron chi connectivity index (χ4n) is 2.95. The molecule has 0 N–H and O–H groups in total. The first-order chi connectivity index (χ1) is 6.33. The Labute approximate surface area is 80.6 Å². The first-order valence-corrected chi connectivity index (χ1v) is 5.61. The van der Waals surface area contributed by atoms with Crippen molar-refractivity contribution >= 4 is 0 Å². The zero-order chi connectivity index (χ0) is 9.31. The molecule has 0 saturated carbocycles. The topological polar surface area (TPSA) is 18.5 Å². The van der Waals surface area contributed by atoms with Crippen molar-refractivity contribution < 1.29 is 9.47 Å². The van der Waals surface area contributed by atoms with Gasteiger partial charge in [0.1, 0.15) is 0 Å². The third-order valence-electron chi connectivity index (χ3n) is 3.71. The van der Waals surface area contributed by atoms with Crippen molar-refractivity contribution in [2.45, 2.75) is 45.3 Å². The van der Waals surface area contributed by atoms with Crippen molar-refractivity contribution in [3.8, 4) is 0 Å². The van der Waals surface area contributed by atoms with Gasteiger partial charge in [-0.25, -0.2) is 0 Å². The predicted octanol–water partition coefficient (Wildman–Crippen LogP) is 2.58. The Morgan fingerprint density at radius 2 is 1.46 bits per heavy atom. The predicted molar refractivity (Wildman–Crippen MR) is 51.4 cm³/mol. The fourth-order valence-corrected chi connectivity index (χ4v) is 2.95. The van der Waals surface area contributed by atoms with E-state index in [9.17, 15) is 0 Å². The summed E-state index contributed by atoms with van der Waals surface area (Å²) in [7, 11) is 0. The summed E-state index contributed by atoms with van der Waals surface area (Å²) in [6.07, 6.45) is 4.76. The van der Waals surface area contributed by atoms with E-state index in [0.29, 0.717) is 11.8 Å². The Morgan fingerprint density at radius 1 is 1.00 bits per heavy atom. The van der Waals surface area contributed by atoms with Crippen LogP contribution in [0.1, 0.15) is 39.5 Å². The molecule has 0 radical (unpaired) electrons. The lowest BCUT2D eigenvalue weighted by Gasteiger charge is -2.34. The SMILES string of the molecule is CC[C@H]1CCOC12OCC[C@@H]2CC. The minimum atomic E-state index is -0.177. The van der Waals surface area contributed by atoms with Gasteiger partial charge in [0.25, 0.3) is 0 Å². The number of hydrogen-bond donors (Lipinski definition) is 0. The molecule has 2 nitrogen and oxygen atoms in total. The molecule has 2 aliphatic heterocycles. The molecule has 76 valence electrons. The molecule has 1 spiro atoms. The van der Waals surface area contributed by atoms with Crippen LogP contribution in [0.25, 0.3) is 0 Å². The molecule has 2 heteroatoms. The van der Waals surface area contributed by atoms with E-state index in [4.69, 9.17) is 9.47 Å². The average molecular weight is 184 g/mol. The summed E-state index contributed by atoms with van der Waals surface area (Å²) in [6, 6.07) is 0. The van der Waals surface area contributed by atoms with Gasteiger partial charge in [0, 0.05) is 11.8 Å². The largest absolute Gasteiger partial charge is 0.349 e. The second-order valence-corrected chi connectivity index (χ2v) is 4.21. The van der Waals surface area contributed by atoms with Crippen LogP contribution in [0.15, 0.2) is 0 Å². The highest BCUT2D eigenvalue weighted by Gasteiger charge is 2.52. The maximum absolute atomic E-state index is 5.89. The zero-order valence-corrected chi connectivity index (χ0v) is 8.71. The van der Waals surface area contributed by atoms with Crippen LogP contribution in [0.2, 0.25) is 0 Å². The van der Waals surface area contributed by atoms with Gasteiger partial charge in [-0.3, -0.25) is 0 Å². The number of ether oxygens (including phenoxy) is 2. The van der Waals surface area contributed by atoms with Crippen molar-refractivity contribution in [3.05, 3.63) is 0 Å². The van der Waals surface area contributed by atoms with Gasteiger partial charge >= 0.3 is 0 Å². The van der Waals surface area contributed by atoms with Crippen LogP contribution in [0.3, 0.4) is 0 Å². The summed E-state index contributed by atoms with van der Waals surface area (Å²) in [5.74, 6) is 1.10. The van der Waals surface area contributed by atoms with Crippen LogP contribution in [0.4, 0.5) is 0 Å². The highest BCUT2D eigenvalue weighted by Crippen LogP contribution is 2.47. The Morgan fingerprint density at radius 3 is 1.85 bits per heavy atom. The van der Waals surface area contributed by atoms with E-state index >= 15 is 0 Å². The van der Waals surface area contributed by atoms with Gasteiger partial charge in [-0.1, -0.05) is 13.8 Å². The second-order valence-electron chi connectivity index (χ2n) is 4.21. The van der Waals surface area contributed by atoms with E-state index in [2.05, 4.69) is 13.8 Å². The van der Waals surface area contributed by atoms with Gasteiger partial charge in [-0.2, -0.15) is 0 Å². The van der Waals surface area contributed by atoms with Crippen molar-refractivity contribution in [3.63, 3.8) is 0 Å². The minimum absolute atomic E-state index is 0.177. The molecule has 0 unspecified atom stereocenters. The molecule has 0 aromatic rings. The average Bonchev–Trinajstić information content (AvgIpc) is 2.74. The van der Waals surface area contributed by atoms with Crippen LogP contribution in [0.5, 0.6) is 0 Å². The van der Waals surface area contributed by atoms with E-state index in [-0.39, 0.29) is 5.79 Å². The van der Waals surface area contributed by atoms with Crippen molar-refractivity contribution in [1.82, 2.24) is 0 Å². The lowest BCUT2D eigenvalue weighted by Crippen LogP contribution is -2.40. The van der Waals surface area contributed by atoms with Crippen molar-refractivity contribution in [2.24, 2.45) is 11.8 Å². The molecule has 2 heterocycles. The minimum Gasteiger partial charge on any atom is -0.349 e. The Kier molecular flexibility index (Phi) is 2.61. The molecule has 0 bridgehead atoms. The zero-order valence-electron chi connectivity index (χ0n) is 8.71. The van der Waals surface area contributed by atoms with Crippen LogP contribution >= 0.6 is 0 Å². The third-order valence-corrected chi connectivity index (χ3v) is 3.71. The normalized spacial score (nSPS) is 37.4. The molecule has 2 rings (SSSR count). The van der Waals surface area contributed by atoms with E-state index < -0.39 is 0 Å². The molecule has 2 fully saturated rings. The molecule has 0 aliphatic carbocycles. The summed E-state index contributed by atoms with van der Waals surface area (Å²) in [6.45, 7) is 6.29. The van der Waals surface area contributed by atoms with Gasteiger partial charge in [0.05, 0.1) is 13.2 Å². The molecule has 0 aromatic carbocycles. The molecule has 2 aliphatic rings. The molecule has 13 heavy (non-hydrogen) atoms. The van der Waals surface area contributed by atoms with E-state index in [1.54, 1.807) is 0 Å². The first kappa shape index (κ1) is 9.47.